The monoisotopic (exact) mass is 222 g/mol. The first-order valence-electron chi connectivity index (χ1n) is 4.97. The summed E-state index contributed by atoms with van der Waals surface area (Å²) in [4.78, 5) is 10.0. The fourth-order valence-corrected chi connectivity index (χ4v) is 1.71. The molecule has 0 aromatic rings. The summed E-state index contributed by atoms with van der Waals surface area (Å²) in [7, 11) is -1.17. The lowest BCUT2D eigenvalue weighted by Gasteiger charge is -2.14. The lowest BCUT2D eigenvalue weighted by atomic mass is 10.3. The van der Waals surface area contributed by atoms with Crippen molar-refractivity contribution in [2.45, 2.75) is 33.1 Å². The van der Waals surface area contributed by atoms with Gasteiger partial charge in [0.15, 0.2) is 0 Å². The minimum atomic E-state index is -1.17. The molecule has 0 fully saturated rings. The van der Waals surface area contributed by atoms with Crippen LogP contribution in [0.3, 0.4) is 0 Å². The van der Waals surface area contributed by atoms with Crippen LogP contribution in [-0.4, -0.2) is 26.1 Å². The second kappa shape index (κ2) is 11.1. The molecule has 0 aliphatic heterocycles. The first-order valence-corrected chi connectivity index (χ1v) is 6.07. The van der Waals surface area contributed by atoms with Crippen LogP contribution in [0.5, 0.6) is 0 Å². The van der Waals surface area contributed by atoms with Gasteiger partial charge in [0.1, 0.15) is 6.29 Å². The van der Waals surface area contributed by atoms with Gasteiger partial charge in [0.25, 0.3) is 0 Å². The van der Waals surface area contributed by atoms with Crippen LogP contribution in [-0.2, 0) is 18.4 Å². The van der Waals surface area contributed by atoms with Crippen molar-refractivity contribution in [2.75, 3.05) is 19.8 Å². The molecule has 0 radical (unpaired) electrons. The molecule has 0 saturated heterocycles. The Morgan fingerprint density at radius 2 is 1.71 bits per heavy atom. The Kier molecular flexibility index (Phi) is 11.0. The van der Waals surface area contributed by atoms with Crippen molar-refractivity contribution in [3.8, 4) is 0 Å². The van der Waals surface area contributed by atoms with Crippen LogP contribution < -0.4 is 0 Å². The summed E-state index contributed by atoms with van der Waals surface area (Å²) in [6.07, 6.45) is 3.26. The predicted molar refractivity (Wildman–Crippen MR) is 56.0 cm³/mol. The Bertz CT molecular complexity index is 126. The quantitative estimate of drug-likeness (QED) is 0.324. The molecule has 0 rings (SSSR count). The molecule has 0 atom stereocenters. The lowest BCUT2D eigenvalue weighted by Crippen LogP contribution is -1.97. The molecular formula is C9H19O4P. The van der Waals surface area contributed by atoms with Crippen LogP contribution in [0.25, 0.3) is 0 Å². The fourth-order valence-electron chi connectivity index (χ4n) is 0.791. The standard InChI is InChI=1S/C9H19O4P/c1-3-11-14(12-4-2)13-9-7-5-6-8-10/h8H,3-7,9H2,1-2H3. The Labute approximate surface area is 86.9 Å². The summed E-state index contributed by atoms with van der Waals surface area (Å²) in [5.74, 6) is 0. The largest absolute Gasteiger partial charge is 0.332 e. The van der Waals surface area contributed by atoms with Crippen molar-refractivity contribution >= 4 is 14.9 Å². The van der Waals surface area contributed by atoms with E-state index in [1.807, 2.05) is 13.8 Å². The molecule has 84 valence electrons. The van der Waals surface area contributed by atoms with Crippen molar-refractivity contribution in [2.24, 2.45) is 0 Å². The molecule has 0 heterocycles. The van der Waals surface area contributed by atoms with Gasteiger partial charge in [-0.15, -0.1) is 0 Å². The van der Waals surface area contributed by atoms with Crippen molar-refractivity contribution in [1.29, 1.82) is 0 Å². The first kappa shape index (κ1) is 14.0. The Morgan fingerprint density at radius 1 is 1.07 bits per heavy atom. The van der Waals surface area contributed by atoms with Crippen LogP contribution in [0.4, 0.5) is 0 Å². The highest BCUT2D eigenvalue weighted by Gasteiger charge is 2.09. The van der Waals surface area contributed by atoms with E-state index >= 15 is 0 Å². The smallest absolute Gasteiger partial charge is 0.313 e. The fraction of sp³-hybridized carbons (Fsp3) is 0.889. The van der Waals surface area contributed by atoms with Gasteiger partial charge in [0, 0.05) is 6.42 Å². The zero-order valence-corrected chi connectivity index (χ0v) is 9.79. The number of aldehydes is 1. The van der Waals surface area contributed by atoms with Crippen LogP contribution in [0.2, 0.25) is 0 Å². The molecular weight excluding hydrogens is 203 g/mol. The van der Waals surface area contributed by atoms with Gasteiger partial charge in [-0.2, -0.15) is 0 Å². The van der Waals surface area contributed by atoms with E-state index in [-0.39, 0.29) is 0 Å². The van der Waals surface area contributed by atoms with Gasteiger partial charge >= 0.3 is 8.60 Å². The Morgan fingerprint density at radius 3 is 2.21 bits per heavy atom. The third-order valence-electron chi connectivity index (χ3n) is 1.38. The number of carbonyl (C=O) groups excluding carboxylic acids is 1. The van der Waals surface area contributed by atoms with E-state index in [0.717, 1.165) is 19.1 Å². The summed E-state index contributed by atoms with van der Waals surface area (Å²) < 4.78 is 15.9. The second-order valence-corrected chi connectivity index (χ2v) is 3.78. The van der Waals surface area contributed by atoms with E-state index in [1.165, 1.54) is 0 Å². The number of hydrogen-bond donors (Lipinski definition) is 0. The van der Waals surface area contributed by atoms with Crippen LogP contribution in [0, 0.1) is 0 Å². The highest BCUT2D eigenvalue weighted by molar-refractivity contribution is 7.41. The molecule has 0 aliphatic carbocycles. The van der Waals surface area contributed by atoms with E-state index in [0.29, 0.717) is 26.2 Å². The number of hydrogen-bond acceptors (Lipinski definition) is 4. The van der Waals surface area contributed by atoms with Gasteiger partial charge in [-0.3, -0.25) is 0 Å². The summed E-state index contributed by atoms with van der Waals surface area (Å²) in [6, 6.07) is 0. The molecule has 14 heavy (non-hydrogen) atoms. The van der Waals surface area contributed by atoms with Gasteiger partial charge in [-0.1, -0.05) is 0 Å². The lowest BCUT2D eigenvalue weighted by molar-refractivity contribution is -0.107. The average Bonchev–Trinajstić information content (AvgIpc) is 2.18. The van der Waals surface area contributed by atoms with Crippen molar-refractivity contribution in [3.05, 3.63) is 0 Å². The molecule has 0 saturated carbocycles. The maximum atomic E-state index is 10.0. The molecule has 0 bridgehead atoms. The number of unbranched alkanes of at least 4 members (excludes halogenated alkanes) is 2. The Hall–Kier alpha value is -0.0200. The molecule has 0 aromatic carbocycles. The first-order chi connectivity index (χ1) is 6.85. The predicted octanol–water partition coefficient (Wildman–Crippen LogP) is 2.67. The third kappa shape index (κ3) is 8.57. The minimum absolute atomic E-state index is 0.597. The van der Waals surface area contributed by atoms with Gasteiger partial charge in [0.05, 0.1) is 19.8 Å². The number of carbonyl (C=O) groups is 1. The van der Waals surface area contributed by atoms with E-state index in [4.69, 9.17) is 13.6 Å². The van der Waals surface area contributed by atoms with Crippen LogP contribution in [0.15, 0.2) is 0 Å². The third-order valence-corrected chi connectivity index (χ3v) is 2.71. The number of rotatable bonds is 10. The van der Waals surface area contributed by atoms with Crippen LogP contribution in [0.1, 0.15) is 33.1 Å². The molecule has 5 heteroatoms. The van der Waals surface area contributed by atoms with Gasteiger partial charge in [-0.05, 0) is 26.7 Å². The maximum Gasteiger partial charge on any atom is 0.332 e. The summed E-state index contributed by atoms with van der Waals surface area (Å²) >= 11 is 0. The molecule has 0 aliphatic rings. The van der Waals surface area contributed by atoms with Crippen molar-refractivity contribution < 1.29 is 18.4 Å². The van der Waals surface area contributed by atoms with Crippen molar-refractivity contribution in [1.82, 2.24) is 0 Å². The van der Waals surface area contributed by atoms with Crippen molar-refractivity contribution in [3.63, 3.8) is 0 Å². The molecule has 0 N–H and O–H groups in total. The molecule has 0 unspecified atom stereocenters. The van der Waals surface area contributed by atoms with Gasteiger partial charge in [0.2, 0.25) is 0 Å². The normalized spacial score (nSPS) is 10.8. The highest BCUT2D eigenvalue weighted by atomic mass is 31.2. The molecule has 0 aromatic heterocycles. The average molecular weight is 222 g/mol. The molecule has 4 nitrogen and oxygen atoms in total. The minimum Gasteiger partial charge on any atom is -0.313 e. The molecule has 0 amide bonds. The maximum absolute atomic E-state index is 10.0. The molecule has 0 spiro atoms. The summed E-state index contributed by atoms with van der Waals surface area (Å²) in [6.45, 7) is 5.60. The van der Waals surface area contributed by atoms with E-state index in [9.17, 15) is 4.79 Å². The van der Waals surface area contributed by atoms with E-state index in [2.05, 4.69) is 0 Å². The zero-order chi connectivity index (χ0) is 10.6. The summed E-state index contributed by atoms with van der Waals surface area (Å²) in [5, 5.41) is 0. The zero-order valence-electron chi connectivity index (χ0n) is 8.90. The topological polar surface area (TPSA) is 44.8 Å². The van der Waals surface area contributed by atoms with Gasteiger partial charge in [-0.25, -0.2) is 0 Å². The van der Waals surface area contributed by atoms with Gasteiger partial charge < -0.3 is 18.4 Å². The highest BCUT2D eigenvalue weighted by Crippen LogP contribution is 2.39. The second-order valence-electron chi connectivity index (χ2n) is 2.55. The van der Waals surface area contributed by atoms with Crippen LogP contribution >= 0.6 is 8.60 Å². The summed E-state index contributed by atoms with van der Waals surface area (Å²) in [5.41, 5.74) is 0. The SMILES string of the molecule is CCOP(OCC)OCCCCC=O. The van der Waals surface area contributed by atoms with E-state index in [1.54, 1.807) is 0 Å². The van der Waals surface area contributed by atoms with E-state index < -0.39 is 8.60 Å². The Balaban J connectivity index is 3.34.